The van der Waals surface area contributed by atoms with Gasteiger partial charge in [-0.3, -0.25) is 19.6 Å². The lowest BCUT2D eigenvalue weighted by Crippen LogP contribution is -2.07. The van der Waals surface area contributed by atoms with Gasteiger partial charge in [-0.05, 0) is 134 Å². The number of rotatable bonds is 35. The van der Waals surface area contributed by atoms with Gasteiger partial charge in [0.1, 0.15) is 23.0 Å². The van der Waals surface area contributed by atoms with E-state index >= 15 is 0 Å². The molecule has 4 aromatic rings. The van der Waals surface area contributed by atoms with Crippen LogP contribution < -0.4 is 18.9 Å². The van der Waals surface area contributed by atoms with Crippen molar-refractivity contribution in [2.45, 2.75) is 168 Å². The van der Waals surface area contributed by atoms with Crippen molar-refractivity contribution < 1.29 is 28.5 Å². The van der Waals surface area contributed by atoms with E-state index in [0.29, 0.717) is 24.3 Å². The van der Waals surface area contributed by atoms with Crippen LogP contribution in [0, 0.1) is 0 Å². The Morgan fingerprint density at radius 1 is 0.375 bits per heavy atom. The highest BCUT2D eigenvalue weighted by Gasteiger charge is 2.07. The predicted octanol–water partition coefficient (Wildman–Crippen LogP) is 15.9. The van der Waals surface area contributed by atoms with Gasteiger partial charge in [0.15, 0.2) is 0 Å². The van der Waals surface area contributed by atoms with E-state index in [0.717, 1.165) is 98.6 Å². The SMILES string of the molecule is CCCCCCCCCCOc1ccc(C=Nc2ccc(OC(=O)CCCCCCCCC(=O)Oc3ccc(N=Cc4ccc(OCCCCCCCCCC)cc4)cc3)cc2)cc1. The van der Waals surface area contributed by atoms with E-state index in [9.17, 15) is 9.59 Å². The second kappa shape index (κ2) is 33.3. The van der Waals surface area contributed by atoms with Crippen LogP contribution in [-0.4, -0.2) is 37.6 Å². The summed E-state index contributed by atoms with van der Waals surface area (Å²) in [6.45, 7) is 6.02. The highest BCUT2D eigenvalue weighted by molar-refractivity contribution is 5.83. The van der Waals surface area contributed by atoms with Gasteiger partial charge < -0.3 is 18.9 Å². The normalized spacial score (nSPS) is 11.3. The zero-order chi connectivity index (χ0) is 45.1. The van der Waals surface area contributed by atoms with E-state index in [1.54, 1.807) is 24.3 Å². The summed E-state index contributed by atoms with van der Waals surface area (Å²) in [6, 6.07) is 30.5. The van der Waals surface area contributed by atoms with Gasteiger partial charge in [0.2, 0.25) is 0 Å². The summed E-state index contributed by atoms with van der Waals surface area (Å²) in [7, 11) is 0. The molecule has 0 spiro atoms. The Bertz CT molecular complexity index is 1730. The molecule has 0 saturated carbocycles. The molecule has 8 nitrogen and oxygen atoms in total. The average molecular weight is 873 g/mol. The molecule has 4 rings (SSSR count). The molecule has 0 aliphatic carbocycles. The van der Waals surface area contributed by atoms with Gasteiger partial charge in [-0.1, -0.05) is 129 Å². The number of unbranched alkanes of at least 4 members (excludes halogenated alkanes) is 19. The molecule has 4 aromatic carbocycles. The fourth-order valence-corrected chi connectivity index (χ4v) is 7.26. The quantitative estimate of drug-likeness (QED) is 0.0198. The summed E-state index contributed by atoms with van der Waals surface area (Å²) in [4.78, 5) is 34.0. The molecule has 0 aromatic heterocycles. The highest BCUT2D eigenvalue weighted by Crippen LogP contribution is 2.22. The van der Waals surface area contributed by atoms with Crippen molar-refractivity contribution in [2.75, 3.05) is 13.2 Å². The number of aliphatic imine (C=N–C) groups is 2. The third kappa shape index (κ3) is 24.0. The van der Waals surface area contributed by atoms with Gasteiger partial charge in [-0.2, -0.15) is 0 Å². The highest BCUT2D eigenvalue weighted by atomic mass is 16.5. The zero-order valence-electron chi connectivity index (χ0n) is 39.1. The monoisotopic (exact) mass is 873 g/mol. The standard InChI is InChI=1S/C56H76N2O6/c1-3-5-7-9-11-15-19-23-43-61-51-35-27-47(28-36-51)45-57-49-31-39-53(40-32-49)63-55(59)25-21-17-13-14-18-22-26-56(60)64-54-41-33-50(34-42-54)58-46-48-29-37-52(38-30-48)62-44-24-20-16-12-10-8-6-4-2/h27-42,45-46H,3-26,43-44H2,1-2H3. The first-order chi connectivity index (χ1) is 31.5. The summed E-state index contributed by atoms with van der Waals surface area (Å²) >= 11 is 0. The summed E-state index contributed by atoms with van der Waals surface area (Å²) in [6.07, 6.45) is 30.4. The molecule has 0 heterocycles. The molecule has 0 aliphatic rings. The van der Waals surface area contributed by atoms with Crippen LogP contribution in [0.15, 0.2) is 107 Å². The van der Waals surface area contributed by atoms with Gasteiger partial charge in [0, 0.05) is 25.3 Å². The first-order valence-corrected chi connectivity index (χ1v) is 24.7. The third-order valence-electron chi connectivity index (χ3n) is 11.2. The molecule has 346 valence electrons. The lowest BCUT2D eigenvalue weighted by atomic mass is 10.1. The molecule has 64 heavy (non-hydrogen) atoms. The molecule has 0 unspecified atom stereocenters. The van der Waals surface area contributed by atoms with Crippen LogP contribution in [0.1, 0.15) is 179 Å². The Morgan fingerprint density at radius 3 is 1.02 bits per heavy atom. The minimum atomic E-state index is -0.233. The van der Waals surface area contributed by atoms with Crippen molar-refractivity contribution in [2.24, 2.45) is 9.98 Å². The number of nitrogens with zero attached hydrogens (tertiary/aromatic N) is 2. The summed E-state index contributed by atoms with van der Waals surface area (Å²) < 4.78 is 22.9. The van der Waals surface area contributed by atoms with Gasteiger partial charge in [0.05, 0.1) is 24.6 Å². The molecule has 8 heteroatoms. The van der Waals surface area contributed by atoms with E-state index in [4.69, 9.17) is 18.9 Å². The molecule has 0 bridgehead atoms. The number of carbonyl (C=O) groups is 2. The Balaban J connectivity index is 0.978. The van der Waals surface area contributed by atoms with Crippen molar-refractivity contribution >= 4 is 35.7 Å². The summed E-state index contributed by atoms with van der Waals surface area (Å²) in [5.74, 6) is 2.34. The van der Waals surface area contributed by atoms with E-state index in [2.05, 4.69) is 23.8 Å². The van der Waals surface area contributed by atoms with Crippen LogP contribution >= 0.6 is 0 Å². The third-order valence-corrected chi connectivity index (χ3v) is 11.2. The molecule has 0 aliphatic heterocycles. The number of carbonyl (C=O) groups excluding carboxylic acids is 2. The molecule has 0 amide bonds. The molecule has 0 fully saturated rings. The van der Waals surface area contributed by atoms with Crippen LogP contribution in [0.2, 0.25) is 0 Å². The molecule has 0 radical (unpaired) electrons. The molecule has 0 N–H and O–H groups in total. The lowest BCUT2D eigenvalue weighted by molar-refractivity contribution is -0.135. The maximum Gasteiger partial charge on any atom is 0.311 e. The number of ether oxygens (including phenoxy) is 4. The van der Waals surface area contributed by atoms with Gasteiger partial charge >= 0.3 is 11.9 Å². The van der Waals surface area contributed by atoms with Crippen molar-refractivity contribution in [3.05, 3.63) is 108 Å². The van der Waals surface area contributed by atoms with Crippen molar-refractivity contribution in [3.8, 4) is 23.0 Å². The number of hydrogen-bond acceptors (Lipinski definition) is 8. The summed E-state index contributed by atoms with van der Waals surface area (Å²) in [5.41, 5.74) is 3.55. The molecular weight excluding hydrogens is 797 g/mol. The number of benzene rings is 4. The Morgan fingerprint density at radius 2 is 0.672 bits per heavy atom. The minimum Gasteiger partial charge on any atom is -0.494 e. The van der Waals surface area contributed by atoms with Crippen LogP contribution in [0.5, 0.6) is 23.0 Å². The van der Waals surface area contributed by atoms with E-state index in [1.165, 1.54) is 89.9 Å². The Kier molecular flexibility index (Phi) is 26.7. The maximum atomic E-state index is 12.4. The lowest BCUT2D eigenvalue weighted by Gasteiger charge is -2.07. The van der Waals surface area contributed by atoms with E-state index in [-0.39, 0.29) is 11.9 Å². The van der Waals surface area contributed by atoms with Crippen molar-refractivity contribution in [1.29, 1.82) is 0 Å². The first kappa shape index (κ1) is 51.4. The van der Waals surface area contributed by atoms with Crippen molar-refractivity contribution in [1.82, 2.24) is 0 Å². The van der Waals surface area contributed by atoms with E-state index in [1.807, 2.05) is 85.2 Å². The fraction of sp³-hybridized carbons (Fsp3) is 0.500. The number of esters is 2. The summed E-state index contributed by atoms with van der Waals surface area (Å²) in [5, 5.41) is 0. The number of hydrogen-bond donors (Lipinski definition) is 0. The smallest absolute Gasteiger partial charge is 0.311 e. The largest absolute Gasteiger partial charge is 0.494 e. The van der Waals surface area contributed by atoms with Crippen molar-refractivity contribution in [3.63, 3.8) is 0 Å². The Labute approximate surface area is 385 Å². The van der Waals surface area contributed by atoms with Crippen LogP contribution in [0.4, 0.5) is 11.4 Å². The van der Waals surface area contributed by atoms with Crippen LogP contribution in [0.3, 0.4) is 0 Å². The van der Waals surface area contributed by atoms with E-state index < -0.39 is 0 Å². The topological polar surface area (TPSA) is 95.8 Å². The predicted molar refractivity (Wildman–Crippen MR) is 265 cm³/mol. The van der Waals surface area contributed by atoms with Gasteiger partial charge in [0.25, 0.3) is 0 Å². The second-order valence-electron chi connectivity index (χ2n) is 16.9. The minimum absolute atomic E-state index is 0.233. The maximum absolute atomic E-state index is 12.4. The molecule has 0 saturated heterocycles. The molecule has 0 atom stereocenters. The van der Waals surface area contributed by atoms with Gasteiger partial charge in [-0.15, -0.1) is 0 Å². The van der Waals surface area contributed by atoms with Crippen LogP contribution in [-0.2, 0) is 9.59 Å². The Hall–Kier alpha value is -5.24. The fourth-order valence-electron chi connectivity index (χ4n) is 7.26. The molecular formula is C56H76N2O6. The van der Waals surface area contributed by atoms with Gasteiger partial charge in [-0.25, -0.2) is 0 Å². The second-order valence-corrected chi connectivity index (χ2v) is 16.9. The average Bonchev–Trinajstić information content (AvgIpc) is 3.31. The van der Waals surface area contributed by atoms with Crippen LogP contribution in [0.25, 0.3) is 0 Å². The first-order valence-electron chi connectivity index (χ1n) is 24.7. The zero-order valence-corrected chi connectivity index (χ0v) is 39.1.